The Balaban J connectivity index is 2.58. The summed E-state index contributed by atoms with van der Waals surface area (Å²) >= 11 is 0. The summed E-state index contributed by atoms with van der Waals surface area (Å²) in [5.41, 5.74) is -0.464. The van der Waals surface area contributed by atoms with Gasteiger partial charge in [0.05, 0.1) is 0 Å². The van der Waals surface area contributed by atoms with Gasteiger partial charge in [0, 0.05) is 18.5 Å². The Bertz CT molecular complexity index is 306. The van der Waals surface area contributed by atoms with Crippen LogP contribution in [0.2, 0.25) is 0 Å². The van der Waals surface area contributed by atoms with Gasteiger partial charge in [0.2, 0.25) is 0 Å². The van der Waals surface area contributed by atoms with Gasteiger partial charge in [0.25, 0.3) is 0 Å². The van der Waals surface area contributed by atoms with Gasteiger partial charge in [-0.2, -0.15) is 0 Å². The van der Waals surface area contributed by atoms with Crippen molar-refractivity contribution in [3.05, 3.63) is 0 Å². The maximum absolute atomic E-state index is 11.9. The summed E-state index contributed by atoms with van der Waals surface area (Å²) < 4.78 is 5.35. The van der Waals surface area contributed by atoms with Crippen LogP contribution in [0.1, 0.15) is 47.5 Å². The molecule has 0 radical (unpaired) electrons. The summed E-state index contributed by atoms with van der Waals surface area (Å²) in [6, 6.07) is 0.0764. The van der Waals surface area contributed by atoms with Crippen LogP contribution in [0.5, 0.6) is 0 Å². The lowest BCUT2D eigenvalue weighted by Gasteiger charge is -2.37. The third kappa shape index (κ3) is 4.02. The van der Waals surface area contributed by atoms with Gasteiger partial charge in [-0.15, -0.1) is 0 Å². The molecule has 0 bridgehead atoms. The Morgan fingerprint density at radius 3 is 2.29 bits per heavy atom. The van der Waals surface area contributed by atoms with E-state index in [0.717, 1.165) is 12.8 Å². The summed E-state index contributed by atoms with van der Waals surface area (Å²) in [6.45, 7) is 9.79. The first-order valence-electron chi connectivity index (χ1n) is 6.21. The number of likely N-dealkylation sites (tertiary alicyclic amines) is 1. The monoisotopic (exact) mass is 241 g/mol. The highest BCUT2D eigenvalue weighted by atomic mass is 16.6. The zero-order chi connectivity index (χ0) is 13.2. The van der Waals surface area contributed by atoms with Crippen molar-refractivity contribution in [2.45, 2.75) is 59.1 Å². The molecule has 0 aromatic rings. The minimum Gasteiger partial charge on any atom is -0.444 e. The average molecular weight is 241 g/mol. The highest BCUT2D eigenvalue weighted by Gasteiger charge is 2.33. The molecule has 1 saturated heterocycles. The highest BCUT2D eigenvalue weighted by Crippen LogP contribution is 2.25. The van der Waals surface area contributed by atoms with Gasteiger partial charge in [0.1, 0.15) is 11.4 Å². The molecular formula is C13H23NO3. The quantitative estimate of drug-likeness (QED) is 0.709. The largest absolute Gasteiger partial charge is 0.444 e. The summed E-state index contributed by atoms with van der Waals surface area (Å²) in [5.74, 6) is 0.323. The number of carbonyl (C=O) groups is 2. The predicted molar refractivity (Wildman–Crippen MR) is 65.8 cm³/mol. The Hall–Kier alpha value is -1.06. The molecule has 1 rings (SSSR count). The van der Waals surface area contributed by atoms with Gasteiger partial charge in [0.15, 0.2) is 0 Å². The van der Waals surface area contributed by atoms with Crippen LogP contribution in [0.25, 0.3) is 0 Å². The first-order chi connectivity index (χ1) is 7.70. The molecule has 1 heterocycles. The second-order valence-electron chi connectivity index (χ2n) is 5.85. The molecule has 0 aromatic heterocycles. The number of ether oxygens (including phenoxy) is 1. The highest BCUT2D eigenvalue weighted by molar-refractivity contribution is 5.79. The van der Waals surface area contributed by atoms with E-state index in [2.05, 4.69) is 0 Å². The number of hydrogen-bond acceptors (Lipinski definition) is 3. The van der Waals surface area contributed by atoms with E-state index in [-0.39, 0.29) is 23.8 Å². The molecule has 0 spiro atoms. The number of ketones is 1. The molecule has 1 aliphatic heterocycles. The molecule has 0 unspecified atom stereocenters. The second kappa shape index (κ2) is 5.07. The molecule has 0 saturated carbocycles. The molecule has 0 aliphatic carbocycles. The lowest BCUT2D eigenvalue weighted by atomic mass is 9.89. The predicted octanol–water partition coefficient (Wildman–Crippen LogP) is 2.61. The Morgan fingerprint density at radius 2 is 1.88 bits per heavy atom. The summed E-state index contributed by atoms with van der Waals surface area (Å²) in [6.07, 6.45) is 1.22. The van der Waals surface area contributed by atoms with E-state index in [1.165, 1.54) is 0 Å². The van der Waals surface area contributed by atoms with Crippen LogP contribution in [0.4, 0.5) is 4.79 Å². The molecule has 4 nitrogen and oxygen atoms in total. The fourth-order valence-electron chi connectivity index (χ4n) is 2.13. The Labute approximate surface area is 103 Å². The van der Waals surface area contributed by atoms with Crippen molar-refractivity contribution >= 4 is 11.9 Å². The van der Waals surface area contributed by atoms with Crippen molar-refractivity contribution in [3.63, 3.8) is 0 Å². The van der Waals surface area contributed by atoms with Crippen molar-refractivity contribution in [2.24, 2.45) is 5.92 Å². The van der Waals surface area contributed by atoms with Crippen molar-refractivity contribution < 1.29 is 14.3 Å². The number of hydrogen-bond donors (Lipinski definition) is 0. The van der Waals surface area contributed by atoms with Gasteiger partial charge < -0.3 is 9.64 Å². The van der Waals surface area contributed by atoms with E-state index in [9.17, 15) is 9.59 Å². The summed E-state index contributed by atoms with van der Waals surface area (Å²) in [7, 11) is 0. The number of amides is 1. The third-order valence-electron chi connectivity index (χ3n) is 3.08. The van der Waals surface area contributed by atoms with E-state index in [1.54, 1.807) is 11.8 Å². The number of piperidine rings is 1. The molecule has 1 fully saturated rings. The van der Waals surface area contributed by atoms with Crippen LogP contribution in [-0.2, 0) is 9.53 Å². The lowest BCUT2D eigenvalue weighted by molar-refractivity contribution is -0.122. The van der Waals surface area contributed by atoms with Crippen LogP contribution in [0.15, 0.2) is 0 Å². The van der Waals surface area contributed by atoms with Crippen LogP contribution >= 0.6 is 0 Å². The van der Waals surface area contributed by atoms with Crippen molar-refractivity contribution in [1.82, 2.24) is 4.90 Å². The molecular weight excluding hydrogens is 218 g/mol. The Morgan fingerprint density at radius 1 is 1.29 bits per heavy atom. The first kappa shape index (κ1) is 14.0. The molecule has 0 N–H and O–H groups in total. The summed E-state index contributed by atoms with van der Waals surface area (Å²) in [4.78, 5) is 25.0. The maximum atomic E-state index is 11.9. The SMILES string of the molecule is CC(=O)[C@@H]1CCN(C(=O)OC(C)(C)C)[C@@H](C)C1. The van der Waals surface area contributed by atoms with Crippen molar-refractivity contribution in [3.8, 4) is 0 Å². The van der Waals surface area contributed by atoms with Gasteiger partial charge in [-0.05, 0) is 47.5 Å². The van der Waals surface area contributed by atoms with E-state index < -0.39 is 5.60 Å². The minimum absolute atomic E-state index is 0.0764. The fourth-order valence-corrected chi connectivity index (χ4v) is 2.13. The fraction of sp³-hybridized carbons (Fsp3) is 0.846. The zero-order valence-corrected chi connectivity index (χ0v) is 11.4. The Kier molecular flexibility index (Phi) is 4.17. The normalized spacial score (nSPS) is 25.6. The lowest BCUT2D eigenvalue weighted by Crippen LogP contribution is -2.47. The second-order valence-corrected chi connectivity index (χ2v) is 5.85. The molecule has 2 atom stereocenters. The maximum Gasteiger partial charge on any atom is 0.410 e. The van der Waals surface area contributed by atoms with Crippen molar-refractivity contribution in [2.75, 3.05) is 6.54 Å². The standard InChI is InChI=1S/C13H23NO3/c1-9-8-11(10(2)15)6-7-14(9)12(16)17-13(3,4)5/h9,11H,6-8H2,1-5H3/t9-,11+/m0/s1. The first-order valence-corrected chi connectivity index (χ1v) is 6.21. The van der Waals surface area contributed by atoms with E-state index in [0.29, 0.717) is 6.54 Å². The number of carbonyl (C=O) groups excluding carboxylic acids is 2. The molecule has 98 valence electrons. The average Bonchev–Trinajstić information content (AvgIpc) is 2.14. The molecule has 1 amide bonds. The van der Waals surface area contributed by atoms with Crippen LogP contribution in [0.3, 0.4) is 0 Å². The van der Waals surface area contributed by atoms with Crippen LogP contribution in [0, 0.1) is 5.92 Å². The zero-order valence-electron chi connectivity index (χ0n) is 11.4. The number of Topliss-reactive ketones (excluding diaryl/α,β-unsaturated/α-hetero) is 1. The van der Waals surface area contributed by atoms with Gasteiger partial charge in [-0.1, -0.05) is 0 Å². The topological polar surface area (TPSA) is 46.6 Å². The van der Waals surface area contributed by atoms with Gasteiger partial charge in [-0.3, -0.25) is 4.79 Å². The number of rotatable bonds is 1. The van der Waals surface area contributed by atoms with Gasteiger partial charge in [-0.25, -0.2) is 4.79 Å². The number of nitrogens with zero attached hydrogens (tertiary/aromatic N) is 1. The van der Waals surface area contributed by atoms with Crippen molar-refractivity contribution in [1.29, 1.82) is 0 Å². The molecule has 1 aliphatic rings. The molecule has 0 aromatic carbocycles. The van der Waals surface area contributed by atoms with Gasteiger partial charge >= 0.3 is 6.09 Å². The minimum atomic E-state index is -0.464. The van der Waals surface area contributed by atoms with E-state index >= 15 is 0 Å². The van der Waals surface area contributed by atoms with Crippen LogP contribution in [-0.4, -0.2) is 35.0 Å². The smallest absolute Gasteiger partial charge is 0.410 e. The molecule has 4 heteroatoms. The van der Waals surface area contributed by atoms with Crippen LogP contribution < -0.4 is 0 Å². The third-order valence-corrected chi connectivity index (χ3v) is 3.08. The molecule has 17 heavy (non-hydrogen) atoms. The van der Waals surface area contributed by atoms with E-state index in [4.69, 9.17) is 4.74 Å². The summed E-state index contributed by atoms with van der Waals surface area (Å²) in [5, 5.41) is 0. The van der Waals surface area contributed by atoms with E-state index in [1.807, 2.05) is 27.7 Å².